The van der Waals surface area contributed by atoms with Crippen LogP contribution in [-0.2, 0) is 12.7 Å². The van der Waals surface area contributed by atoms with Gasteiger partial charge in [-0.2, -0.15) is 13.2 Å². The molecule has 0 spiro atoms. The van der Waals surface area contributed by atoms with Crippen LogP contribution in [0.25, 0.3) is 0 Å². The van der Waals surface area contributed by atoms with E-state index in [4.69, 9.17) is 21.7 Å². The van der Waals surface area contributed by atoms with Crippen molar-refractivity contribution in [3.8, 4) is 11.5 Å². The van der Waals surface area contributed by atoms with Gasteiger partial charge in [0.15, 0.2) is 5.11 Å². The Kier molecular flexibility index (Phi) is 6.08. The first-order chi connectivity index (χ1) is 11.8. The first-order valence-electron chi connectivity index (χ1n) is 7.26. The van der Waals surface area contributed by atoms with Gasteiger partial charge in [0.1, 0.15) is 11.5 Å². The summed E-state index contributed by atoms with van der Waals surface area (Å²) in [5, 5.41) is 6.23. The minimum atomic E-state index is -4.34. The summed E-state index contributed by atoms with van der Waals surface area (Å²) in [6.45, 7) is 0.288. The molecule has 0 bridgehead atoms. The van der Waals surface area contributed by atoms with Gasteiger partial charge in [0.05, 0.1) is 25.5 Å². The van der Waals surface area contributed by atoms with Crippen molar-refractivity contribution in [1.82, 2.24) is 5.32 Å². The zero-order valence-corrected chi connectivity index (χ0v) is 14.4. The van der Waals surface area contributed by atoms with Gasteiger partial charge < -0.3 is 20.1 Å². The molecule has 134 valence electrons. The number of anilines is 1. The molecule has 0 saturated carbocycles. The smallest absolute Gasteiger partial charge is 0.416 e. The zero-order chi connectivity index (χ0) is 18.4. The van der Waals surface area contributed by atoms with E-state index in [9.17, 15) is 13.2 Å². The van der Waals surface area contributed by atoms with Crippen molar-refractivity contribution >= 4 is 23.0 Å². The molecule has 0 aromatic heterocycles. The van der Waals surface area contributed by atoms with E-state index in [0.29, 0.717) is 27.9 Å². The molecule has 0 aliphatic carbocycles. The maximum absolute atomic E-state index is 12.5. The van der Waals surface area contributed by atoms with E-state index in [1.54, 1.807) is 25.3 Å². The van der Waals surface area contributed by atoms with Crippen LogP contribution >= 0.6 is 12.2 Å². The highest BCUT2D eigenvalue weighted by molar-refractivity contribution is 7.80. The standard InChI is InChI=1S/C17H17F3N2O2S/c1-23-13-7-8-15(24-2)14(9-13)22-16(25)21-10-11-3-5-12(6-4-11)17(18,19)20/h3-9H,10H2,1-2H3,(H2,21,22,25). The second kappa shape index (κ2) is 8.06. The maximum atomic E-state index is 12.5. The number of nitrogens with one attached hydrogen (secondary N) is 2. The summed E-state index contributed by atoms with van der Waals surface area (Å²) in [5.41, 5.74) is 0.611. The Bertz CT molecular complexity index is 734. The molecule has 0 aliphatic rings. The third-order valence-electron chi connectivity index (χ3n) is 3.39. The largest absolute Gasteiger partial charge is 0.497 e. The van der Waals surface area contributed by atoms with E-state index in [0.717, 1.165) is 12.1 Å². The second-order valence-electron chi connectivity index (χ2n) is 5.07. The minimum absolute atomic E-state index is 0.288. The molecular weight excluding hydrogens is 353 g/mol. The van der Waals surface area contributed by atoms with Crippen LogP contribution in [0.15, 0.2) is 42.5 Å². The second-order valence-corrected chi connectivity index (χ2v) is 5.48. The molecule has 2 N–H and O–H groups in total. The lowest BCUT2D eigenvalue weighted by molar-refractivity contribution is -0.137. The summed E-state index contributed by atoms with van der Waals surface area (Å²) >= 11 is 5.21. The summed E-state index contributed by atoms with van der Waals surface area (Å²) in [6.07, 6.45) is -4.34. The average Bonchev–Trinajstić information content (AvgIpc) is 2.59. The fraction of sp³-hybridized carbons (Fsp3) is 0.235. The molecule has 0 fully saturated rings. The molecule has 0 atom stereocenters. The Labute approximate surface area is 148 Å². The lowest BCUT2D eigenvalue weighted by atomic mass is 10.1. The number of halogens is 3. The predicted molar refractivity (Wildman–Crippen MR) is 94.1 cm³/mol. The SMILES string of the molecule is COc1ccc(OC)c(NC(=S)NCc2ccc(C(F)(F)F)cc2)c1. The summed E-state index contributed by atoms with van der Waals surface area (Å²) < 4.78 is 48.0. The van der Waals surface area contributed by atoms with Crippen molar-refractivity contribution in [2.24, 2.45) is 0 Å². The van der Waals surface area contributed by atoms with Crippen LogP contribution in [-0.4, -0.2) is 19.3 Å². The van der Waals surface area contributed by atoms with Gasteiger partial charge in [0.25, 0.3) is 0 Å². The molecule has 0 aliphatic heterocycles. The number of rotatable bonds is 5. The number of hydrogen-bond acceptors (Lipinski definition) is 3. The first-order valence-corrected chi connectivity index (χ1v) is 7.67. The average molecular weight is 370 g/mol. The number of benzene rings is 2. The van der Waals surface area contributed by atoms with Crippen molar-refractivity contribution in [1.29, 1.82) is 0 Å². The van der Waals surface area contributed by atoms with Crippen LogP contribution in [0.3, 0.4) is 0 Å². The van der Waals surface area contributed by atoms with Gasteiger partial charge in [0.2, 0.25) is 0 Å². The Hall–Kier alpha value is -2.48. The number of alkyl halides is 3. The topological polar surface area (TPSA) is 42.5 Å². The van der Waals surface area contributed by atoms with Crippen LogP contribution in [0, 0.1) is 0 Å². The summed E-state index contributed by atoms with van der Waals surface area (Å²) in [4.78, 5) is 0. The van der Waals surface area contributed by atoms with Gasteiger partial charge in [-0.05, 0) is 42.0 Å². The van der Waals surface area contributed by atoms with Crippen LogP contribution < -0.4 is 20.1 Å². The van der Waals surface area contributed by atoms with Gasteiger partial charge >= 0.3 is 6.18 Å². The van der Waals surface area contributed by atoms with Crippen LogP contribution in [0.5, 0.6) is 11.5 Å². The van der Waals surface area contributed by atoms with Gasteiger partial charge in [-0.1, -0.05) is 12.1 Å². The first kappa shape index (κ1) is 18.9. The molecule has 0 radical (unpaired) electrons. The molecule has 2 aromatic carbocycles. The molecule has 0 heterocycles. The Morgan fingerprint density at radius 2 is 1.72 bits per heavy atom. The number of hydrogen-bond donors (Lipinski definition) is 2. The quantitative estimate of drug-likeness (QED) is 0.772. The van der Waals surface area contributed by atoms with E-state index in [1.165, 1.54) is 19.2 Å². The van der Waals surface area contributed by atoms with Crippen molar-refractivity contribution in [3.63, 3.8) is 0 Å². The van der Waals surface area contributed by atoms with E-state index in [1.807, 2.05) is 0 Å². The monoisotopic (exact) mass is 370 g/mol. The summed E-state index contributed by atoms with van der Waals surface area (Å²) in [5.74, 6) is 1.22. The Morgan fingerprint density at radius 1 is 1.04 bits per heavy atom. The third kappa shape index (κ3) is 5.25. The fourth-order valence-corrected chi connectivity index (χ4v) is 2.25. The zero-order valence-electron chi connectivity index (χ0n) is 13.6. The molecule has 2 rings (SSSR count). The lowest BCUT2D eigenvalue weighted by Crippen LogP contribution is -2.28. The molecule has 8 heteroatoms. The summed E-state index contributed by atoms with van der Waals surface area (Å²) in [6, 6.07) is 10.1. The van der Waals surface area contributed by atoms with E-state index in [-0.39, 0.29) is 6.54 Å². The molecule has 0 unspecified atom stereocenters. The van der Waals surface area contributed by atoms with Crippen molar-refractivity contribution in [3.05, 3.63) is 53.6 Å². The van der Waals surface area contributed by atoms with Crippen molar-refractivity contribution < 1.29 is 22.6 Å². The number of ether oxygens (including phenoxy) is 2. The Balaban J connectivity index is 1.97. The fourth-order valence-electron chi connectivity index (χ4n) is 2.07. The van der Waals surface area contributed by atoms with Crippen LogP contribution in [0.2, 0.25) is 0 Å². The van der Waals surface area contributed by atoms with Crippen molar-refractivity contribution in [2.75, 3.05) is 19.5 Å². The number of thiocarbonyl (C=S) groups is 1. The highest BCUT2D eigenvalue weighted by Gasteiger charge is 2.29. The summed E-state index contributed by atoms with van der Waals surface area (Å²) in [7, 11) is 3.08. The molecule has 4 nitrogen and oxygen atoms in total. The van der Waals surface area contributed by atoms with Gasteiger partial charge in [-0.3, -0.25) is 0 Å². The van der Waals surface area contributed by atoms with Crippen molar-refractivity contribution in [2.45, 2.75) is 12.7 Å². The molecule has 25 heavy (non-hydrogen) atoms. The highest BCUT2D eigenvalue weighted by atomic mass is 32.1. The van der Waals surface area contributed by atoms with Crippen LogP contribution in [0.4, 0.5) is 18.9 Å². The van der Waals surface area contributed by atoms with Crippen LogP contribution in [0.1, 0.15) is 11.1 Å². The van der Waals surface area contributed by atoms with E-state index in [2.05, 4.69) is 10.6 Å². The molecular formula is C17H17F3N2O2S. The number of methoxy groups -OCH3 is 2. The molecule has 0 saturated heterocycles. The van der Waals surface area contributed by atoms with E-state index >= 15 is 0 Å². The normalized spacial score (nSPS) is 10.9. The molecule has 2 aromatic rings. The van der Waals surface area contributed by atoms with Gasteiger partial charge in [-0.25, -0.2) is 0 Å². The predicted octanol–water partition coefficient (Wildman–Crippen LogP) is 4.21. The highest BCUT2D eigenvalue weighted by Crippen LogP contribution is 2.30. The van der Waals surface area contributed by atoms with Gasteiger partial charge in [-0.15, -0.1) is 0 Å². The minimum Gasteiger partial charge on any atom is -0.497 e. The third-order valence-corrected chi connectivity index (χ3v) is 3.64. The lowest BCUT2D eigenvalue weighted by Gasteiger charge is -2.14. The van der Waals surface area contributed by atoms with Gasteiger partial charge in [0, 0.05) is 12.6 Å². The molecule has 0 amide bonds. The maximum Gasteiger partial charge on any atom is 0.416 e. The van der Waals surface area contributed by atoms with E-state index < -0.39 is 11.7 Å². The Morgan fingerprint density at radius 3 is 2.28 bits per heavy atom.